The van der Waals surface area contributed by atoms with E-state index in [1.165, 1.54) is 0 Å². The number of carbonyl (C=O) groups excluding carboxylic acids is 2. The topological polar surface area (TPSA) is 67.9 Å². The maximum atomic E-state index is 12.1. The number of ether oxygens (including phenoxy) is 2. The first-order valence-electron chi connectivity index (χ1n) is 6.54. The first kappa shape index (κ1) is 15.9. The van der Waals surface area contributed by atoms with Crippen LogP contribution in [0.25, 0.3) is 0 Å². The van der Waals surface area contributed by atoms with Crippen molar-refractivity contribution in [2.75, 3.05) is 26.8 Å². The van der Waals surface area contributed by atoms with Crippen LogP contribution in [0.5, 0.6) is 0 Å². The molecular weight excluding hydrogens is 248 g/mol. The molecule has 6 nitrogen and oxygen atoms in total. The van der Waals surface area contributed by atoms with Crippen LogP contribution in [0.1, 0.15) is 27.7 Å². The molecule has 1 aliphatic rings. The van der Waals surface area contributed by atoms with Crippen molar-refractivity contribution in [2.24, 2.45) is 0 Å². The van der Waals surface area contributed by atoms with Gasteiger partial charge >= 0.3 is 5.97 Å². The van der Waals surface area contributed by atoms with Crippen LogP contribution in [-0.2, 0) is 19.1 Å². The number of nitrogens with zero attached hydrogens (tertiary/aromatic N) is 1. The zero-order valence-electron chi connectivity index (χ0n) is 12.4. The molecule has 0 aromatic carbocycles. The summed E-state index contributed by atoms with van der Waals surface area (Å²) in [5, 5.41) is 2.59. The average molecular weight is 272 g/mol. The number of morpholine rings is 1. The Balaban J connectivity index is 2.74. The van der Waals surface area contributed by atoms with E-state index in [-0.39, 0.29) is 11.9 Å². The Bertz CT molecular complexity index is 338. The molecular formula is C13H24N2O4. The van der Waals surface area contributed by atoms with Gasteiger partial charge in [0.15, 0.2) is 0 Å². The molecule has 1 saturated heterocycles. The SMILES string of the molecule is CNC(=O)C1COCCN1C(C)C(=O)OC(C)(C)C. The van der Waals surface area contributed by atoms with Crippen LogP contribution in [0.2, 0.25) is 0 Å². The summed E-state index contributed by atoms with van der Waals surface area (Å²) in [6.07, 6.45) is 0. The molecule has 1 amide bonds. The van der Waals surface area contributed by atoms with Gasteiger partial charge < -0.3 is 14.8 Å². The highest BCUT2D eigenvalue weighted by Crippen LogP contribution is 2.16. The van der Waals surface area contributed by atoms with E-state index >= 15 is 0 Å². The fourth-order valence-electron chi connectivity index (χ4n) is 2.00. The third-order valence-electron chi connectivity index (χ3n) is 2.96. The quantitative estimate of drug-likeness (QED) is 0.741. The zero-order chi connectivity index (χ0) is 14.6. The minimum absolute atomic E-state index is 0.143. The van der Waals surface area contributed by atoms with Crippen LogP contribution < -0.4 is 5.32 Å². The molecule has 1 aliphatic heterocycles. The zero-order valence-corrected chi connectivity index (χ0v) is 12.4. The van der Waals surface area contributed by atoms with Gasteiger partial charge in [-0.05, 0) is 27.7 Å². The predicted molar refractivity (Wildman–Crippen MR) is 70.7 cm³/mol. The van der Waals surface area contributed by atoms with E-state index in [0.29, 0.717) is 19.8 Å². The number of hydrogen-bond acceptors (Lipinski definition) is 5. The summed E-state index contributed by atoms with van der Waals surface area (Å²) in [5.41, 5.74) is -0.528. The number of hydrogen-bond donors (Lipinski definition) is 1. The molecule has 0 saturated carbocycles. The third kappa shape index (κ3) is 4.47. The average Bonchev–Trinajstić information content (AvgIpc) is 2.35. The Morgan fingerprint density at radius 2 is 2.05 bits per heavy atom. The van der Waals surface area contributed by atoms with Crippen LogP contribution in [0, 0.1) is 0 Å². The lowest BCUT2D eigenvalue weighted by Gasteiger charge is -2.38. The standard InChI is InChI=1S/C13H24N2O4/c1-9(12(17)19-13(2,3)4)15-6-7-18-8-10(15)11(16)14-5/h9-10H,6-8H2,1-5H3,(H,14,16). The van der Waals surface area contributed by atoms with E-state index in [1.807, 2.05) is 25.7 Å². The Hall–Kier alpha value is -1.14. The van der Waals surface area contributed by atoms with Crippen molar-refractivity contribution in [2.45, 2.75) is 45.4 Å². The van der Waals surface area contributed by atoms with E-state index in [1.54, 1.807) is 14.0 Å². The summed E-state index contributed by atoms with van der Waals surface area (Å²) >= 11 is 0. The maximum Gasteiger partial charge on any atom is 0.323 e. The Morgan fingerprint density at radius 3 is 2.58 bits per heavy atom. The second kappa shape index (κ2) is 6.34. The summed E-state index contributed by atoms with van der Waals surface area (Å²) < 4.78 is 10.7. The van der Waals surface area contributed by atoms with Crippen molar-refractivity contribution in [3.63, 3.8) is 0 Å². The van der Waals surface area contributed by atoms with Crippen molar-refractivity contribution in [1.29, 1.82) is 0 Å². The molecule has 19 heavy (non-hydrogen) atoms. The lowest BCUT2D eigenvalue weighted by atomic mass is 10.1. The van der Waals surface area contributed by atoms with Gasteiger partial charge in [-0.15, -0.1) is 0 Å². The molecule has 2 unspecified atom stereocenters. The van der Waals surface area contributed by atoms with Gasteiger partial charge in [0.1, 0.15) is 17.7 Å². The molecule has 0 spiro atoms. The van der Waals surface area contributed by atoms with Crippen LogP contribution >= 0.6 is 0 Å². The second-order valence-corrected chi connectivity index (χ2v) is 5.65. The number of nitrogens with one attached hydrogen (secondary N) is 1. The molecule has 0 aromatic heterocycles. The number of amides is 1. The summed E-state index contributed by atoms with van der Waals surface area (Å²) in [6.45, 7) is 8.59. The van der Waals surface area contributed by atoms with Gasteiger partial charge in [0.2, 0.25) is 5.91 Å². The maximum absolute atomic E-state index is 12.1. The molecule has 1 heterocycles. The highest BCUT2D eigenvalue weighted by molar-refractivity contribution is 5.83. The van der Waals surface area contributed by atoms with Gasteiger partial charge in [-0.3, -0.25) is 14.5 Å². The van der Waals surface area contributed by atoms with Crippen LogP contribution in [0.3, 0.4) is 0 Å². The largest absolute Gasteiger partial charge is 0.459 e. The molecule has 1 fully saturated rings. The van der Waals surface area contributed by atoms with Crippen molar-refractivity contribution < 1.29 is 19.1 Å². The molecule has 0 radical (unpaired) electrons. The first-order valence-corrected chi connectivity index (χ1v) is 6.54. The van der Waals surface area contributed by atoms with E-state index in [2.05, 4.69) is 5.32 Å². The van der Waals surface area contributed by atoms with Gasteiger partial charge in [0.25, 0.3) is 0 Å². The van der Waals surface area contributed by atoms with Crippen LogP contribution in [-0.4, -0.2) is 61.3 Å². The van der Waals surface area contributed by atoms with Crippen molar-refractivity contribution in [1.82, 2.24) is 10.2 Å². The molecule has 1 N–H and O–H groups in total. The fraction of sp³-hybridized carbons (Fsp3) is 0.846. The summed E-state index contributed by atoms with van der Waals surface area (Å²) in [4.78, 5) is 25.7. The molecule has 0 aromatic rings. The highest BCUT2D eigenvalue weighted by atomic mass is 16.6. The minimum Gasteiger partial charge on any atom is -0.459 e. The van der Waals surface area contributed by atoms with Crippen molar-refractivity contribution in [3.8, 4) is 0 Å². The Labute approximate surface area is 114 Å². The van der Waals surface area contributed by atoms with Crippen molar-refractivity contribution in [3.05, 3.63) is 0 Å². The monoisotopic (exact) mass is 272 g/mol. The molecule has 0 aliphatic carbocycles. The smallest absolute Gasteiger partial charge is 0.323 e. The van der Waals surface area contributed by atoms with E-state index in [0.717, 1.165) is 0 Å². The van der Waals surface area contributed by atoms with Gasteiger partial charge in [0.05, 0.1) is 13.2 Å². The van der Waals surface area contributed by atoms with Gasteiger partial charge in [0, 0.05) is 13.6 Å². The molecule has 6 heteroatoms. The molecule has 2 atom stereocenters. The molecule has 0 bridgehead atoms. The summed E-state index contributed by atoms with van der Waals surface area (Å²) in [6, 6.07) is -0.910. The van der Waals surface area contributed by atoms with Crippen LogP contribution in [0.15, 0.2) is 0 Å². The summed E-state index contributed by atoms with van der Waals surface area (Å²) in [7, 11) is 1.58. The normalized spacial score (nSPS) is 22.7. The lowest BCUT2D eigenvalue weighted by molar-refractivity contribution is -0.165. The van der Waals surface area contributed by atoms with E-state index in [9.17, 15) is 9.59 Å². The Kier molecular flexibility index (Phi) is 5.31. The number of esters is 1. The lowest BCUT2D eigenvalue weighted by Crippen LogP contribution is -2.58. The molecule has 1 rings (SSSR count). The van der Waals surface area contributed by atoms with Gasteiger partial charge in [-0.2, -0.15) is 0 Å². The van der Waals surface area contributed by atoms with Gasteiger partial charge in [-0.25, -0.2) is 0 Å². The van der Waals surface area contributed by atoms with E-state index < -0.39 is 17.7 Å². The Morgan fingerprint density at radius 1 is 1.42 bits per heavy atom. The van der Waals surface area contributed by atoms with Gasteiger partial charge in [-0.1, -0.05) is 0 Å². The predicted octanol–water partition coefficient (Wildman–Crippen LogP) is 0.163. The highest BCUT2D eigenvalue weighted by Gasteiger charge is 2.36. The summed E-state index contributed by atoms with van der Waals surface area (Å²) in [5.74, 6) is -0.460. The first-order chi connectivity index (χ1) is 8.76. The van der Waals surface area contributed by atoms with E-state index in [4.69, 9.17) is 9.47 Å². The van der Waals surface area contributed by atoms with Crippen LogP contribution in [0.4, 0.5) is 0 Å². The number of likely N-dealkylation sites (N-methyl/N-ethyl adjacent to an activating group) is 1. The minimum atomic E-state index is -0.528. The fourth-order valence-corrected chi connectivity index (χ4v) is 2.00. The number of rotatable bonds is 3. The number of carbonyl (C=O) groups is 2. The third-order valence-corrected chi connectivity index (χ3v) is 2.96. The molecule has 110 valence electrons. The van der Waals surface area contributed by atoms with Crippen molar-refractivity contribution >= 4 is 11.9 Å². The second-order valence-electron chi connectivity index (χ2n) is 5.65.